The minimum atomic E-state index is -1.25. The standard InChI is InChI=1S/C27H28NO3/c1-28(2)19-17-26(18-20-28)30-25(29)27(31-26,23-11-7-4-8-12-23)24-15-13-22(14-16-24)21-9-5-3-6-10-21/h3-16H,17-20H2,1-2H3/q+1. The molecule has 4 heteroatoms. The van der Waals surface area contributed by atoms with Gasteiger partial charge in [-0.2, -0.15) is 0 Å². The predicted molar refractivity (Wildman–Crippen MR) is 120 cm³/mol. The van der Waals surface area contributed by atoms with Gasteiger partial charge < -0.3 is 14.0 Å². The second-order valence-electron chi connectivity index (χ2n) is 9.28. The highest BCUT2D eigenvalue weighted by atomic mass is 16.8. The fourth-order valence-corrected chi connectivity index (χ4v) is 4.69. The maximum Gasteiger partial charge on any atom is 0.350 e. The van der Waals surface area contributed by atoms with Crippen LogP contribution in [0.25, 0.3) is 11.1 Å². The van der Waals surface area contributed by atoms with Crippen LogP contribution in [0.4, 0.5) is 0 Å². The fourth-order valence-electron chi connectivity index (χ4n) is 4.69. The van der Waals surface area contributed by atoms with Crippen LogP contribution in [-0.4, -0.2) is 43.4 Å². The largest absolute Gasteiger partial charge is 0.430 e. The zero-order valence-corrected chi connectivity index (χ0v) is 18.1. The molecule has 0 aliphatic carbocycles. The van der Waals surface area contributed by atoms with Gasteiger partial charge in [-0.05, 0) is 22.3 Å². The van der Waals surface area contributed by atoms with E-state index in [-0.39, 0.29) is 5.97 Å². The van der Waals surface area contributed by atoms with E-state index < -0.39 is 11.4 Å². The number of benzene rings is 3. The highest BCUT2D eigenvalue weighted by molar-refractivity contribution is 5.88. The fraction of sp³-hybridized carbons (Fsp3) is 0.296. The number of hydrogen-bond acceptors (Lipinski definition) is 3. The quantitative estimate of drug-likeness (QED) is 0.459. The van der Waals surface area contributed by atoms with E-state index in [1.165, 1.54) is 0 Å². The molecule has 31 heavy (non-hydrogen) atoms. The Morgan fingerprint density at radius 1 is 0.710 bits per heavy atom. The van der Waals surface area contributed by atoms with Gasteiger partial charge >= 0.3 is 5.97 Å². The molecule has 158 valence electrons. The van der Waals surface area contributed by atoms with E-state index in [9.17, 15) is 4.79 Å². The number of piperidine rings is 1. The summed E-state index contributed by atoms with van der Waals surface area (Å²) in [5.41, 5.74) is 2.61. The Hall–Kier alpha value is -2.95. The van der Waals surface area contributed by atoms with Gasteiger partial charge in [0.05, 0.1) is 40.0 Å². The Kier molecular flexibility index (Phi) is 4.72. The SMILES string of the molecule is C[N+]1(C)CCC2(CC1)OC(=O)C(c1ccccc1)(c1ccc(-c3ccccc3)cc1)O2. The molecule has 1 unspecified atom stereocenters. The summed E-state index contributed by atoms with van der Waals surface area (Å²) in [6.45, 7) is 1.82. The van der Waals surface area contributed by atoms with Crippen LogP contribution in [0.1, 0.15) is 24.0 Å². The molecule has 1 atom stereocenters. The van der Waals surface area contributed by atoms with Crippen LogP contribution < -0.4 is 0 Å². The smallest absolute Gasteiger partial charge is 0.350 e. The van der Waals surface area contributed by atoms with E-state index in [1.54, 1.807) is 0 Å². The Labute approximate surface area is 183 Å². The van der Waals surface area contributed by atoms with Gasteiger partial charge in [0.25, 0.3) is 0 Å². The van der Waals surface area contributed by atoms with Gasteiger partial charge in [-0.3, -0.25) is 0 Å². The zero-order valence-electron chi connectivity index (χ0n) is 18.1. The van der Waals surface area contributed by atoms with Crippen molar-refractivity contribution in [2.75, 3.05) is 27.2 Å². The van der Waals surface area contributed by atoms with Crippen LogP contribution in [0, 0.1) is 0 Å². The third-order valence-corrected chi connectivity index (χ3v) is 6.68. The molecule has 2 fully saturated rings. The predicted octanol–water partition coefficient (Wildman–Crippen LogP) is 4.74. The molecule has 0 radical (unpaired) electrons. The van der Waals surface area contributed by atoms with Crippen molar-refractivity contribution in [1.29, 1.82) is 0 Å². The Morgan fingerprint density at radius 2 is 1.23 bits per heavy atom. The minimum Gasteiger partial charge on any atom is -0.430 e. The minimum absolute atomic E-state index is 0.321. The van der Waals surface area contributed by atoms with Crippen LogP contribution in [0.15, 0.2) is 84.9 Å². The van der Waals surface area contributed by atoms with Crippen molar-refractivity contribution < 1.29 is 18.8 Å². The topological polar surface area (TPSA) is 35.5 Å². The lowest BCUT2D eigenvalue weighted by molar-refractivity contribution is -0.898. The van der Waals surface area contributed by atoms with E-state index in [2.05, 4.69) is 38.4 Å². The molecule has 0 N–H and O–H groups in total. The number of quaternary nitrogens is 1. The van der Waals surface area contributed by atoms with Crippen LogP contribution in [0.2, 0.25) is 0 Å². The second kappa shape index (κ2) is 7.33. The van der Waals surface area contributed by atoms with Gasteiger partial charge in [-0.25, -0.2) is 4.79 Å². The second-order valence-corrected chi connectivity index (χ2v) is 9.28. The molecule has 0 aromatic heterocycles. The third-order valence-electron chi connectivity index (χ3n) is 6.68. The van der Waals surface area contributed by atoms with E-state index >= 15 is 0 Å². The monoisotopic (exact) mass is 414 g/mol. The number of esters is 1. The van der Waals surface area contributed by atoms with Crippen molar-refractivity contribution in [1.82, 2.24) is 0 Å². The summed E-state index contributed by atoms with van der Waals surface area (Å²) in [7, 11) is 4.41. The van der Waals surface area contributed by atoms with Gasteiger partial charge in [0.15, 0.2) is 0 Å². The van der Waals surface area contributed by atoms with Crippen LogP contribution >= 0.6 is 0 Å². The van der Waals surface area contributed by atoms with Crippen molar-refractivity contribution in [3.8, 4) is 11.1 Å². The molecule has 0 bridgehead atoms. The van der Waals surface area contributed by atoms with Crippen LogP contribution in [-0.2, 0) is 19.9 Å². The number of carbonyl (C=O) groups excluding carboxylic acids is 1. The van der Waals surface area contributed by atoms with Crippen molar-refractivity contribution in [2.24, 2.45) is 0 Å². The number of carbonyl (C=O) groups is 1. The average molecular weight is 415 g/mol. The summed E-state index contributed by atoms with van der Waals surface area (Å²) in [5.74, 6) is -1.18. The Morgan fingerprint density at radius 3 is 1.84 bits per heavy atom. The molecule has 3 aromatic carbocycles. The number of hydrogen-bond donors (Lipinski definition) is 0. The maximum absolute atomic E-state index is 13.5. The molecular formula is C27H28NO3+. The summed E-state index contributed by atoms with van der Waals surface area (Å²) < 4.78 is 13.7. The lowest BCUT2D eigenvalue weighted by Crippen LogP contribution is -2.53. The molecule has 2 aliphatic rings. The average Bonchev–Trinajstić information content (AvgIpc) is 3.11. The maximum atomic E-state index is 13.5. The summed E-state index contributed by atoms with van der Waals surface area (Å²) >= 11 is 0. The van der Waals surface area contributed by atoms with Crippen LogP contribution in [0.3, 0.4) is 0 Å². The zero-order chi connectivity index (χ0) is 21.5. The van der Waals surface area contributed by atoms with Crippen LogP contribution in [0.5, 0.6) is 0 Å². The van der Waals surface area contributed by atoms with E-state index in [0.29, 0.717) is 12.8 Å². The summed E-state index contributed by atoms with van der Waals surface area (Å²) in [6, 6.07) is 28.1. The first-order valence-corrected chi connectivity index (χ1v) is 10.9. The first-order valence-electron chi connectivity index (χ1n) is 10.9. The Balaban J connectivity index is 1.56. The van der Waals surface area contributed by atoms with Crippen molar-refractivity contribution in [3.05, 3.63) is 96.1 Å². The van der Waals surface area contributed by atoms with Crippen molar-refractivity contribution in [2.45, 2.75) is 24.2 Å². The van der Waals surface area contributed by atoms with Gasteiger partial charge in [0, 0.05) is 0 Å². The molecule has 4 nitrogen and oxygen atoms in total. The van der Waals surface area contributed by atoms with Gasteiger partial charge in [0.2, 0.25) is 11.4 Å². The van der Waals surface area contributed by atoms with E-state index in [4.69, 9.17) is 9.47 Å². The molecule has 5 rings (SSSR count). The molecular weight excluding hydrogens is 386 g/mol. The lowest BCUT2D eigenvalue weighted by atomic mass is 9.85. The highest BCUT2D eigenvalue weighted by Crippen LogP contribution is 2.49. The van der Waals surface area contributed by atoms with Crippen molar-refractivity contribution >= 4 is 5.97 Å². The van der Waals surface area contributed by atoms with E-state index in [0.717, 1.165) is 39.8 Å². The molecule has 2 heterocycles. The number of likely N-dealkylation sites (tertiary alicyclic amines) is 1. The molecule has 1 spiro atoms. The molecule has 0 saturated carbocycles. The molecule has 2 saturated heterocycles. The molecule has 3 aromatic rings. The summed E-state index contributed by atoms with van der Waals surface area (Å²) in [5, 5.41) is 0. The summed E-state index contributed by atoms with van der Waals surface area (Å²) in [4.78, 5) is 13.5. The number of ether oxygens (including phenoxy) is 2. The molecule has 0 amide bonds. The lowest BCUT2D eigenvalue weighted by Gasteiger charge is -2.41. The third kappa shape index (κ3) is 3.46. The van der Waals surface area contributed by atoms with E-state index in [1.807, 2.05) is 60.7 Å². The normalized spacial score (nSPS) is 24.1. The van der Waals surface area contributed by atoms with Crippen molar-refractivity contribution in [3.63, 3.8) is 0 Å². The molecule has 2 aliphatic heterocycles. The Bertz CT molecular complexity index is 1070. The first kappa shape index (κ1) is 20.0. The number of rotatable bonds is 3. The van der Waals surface area contributed by atoms with Gasteiger partial charge in [0.1, 0.15) is 0 Å². The highest BCUT2D eigenvalue weighted by Gasteiger charge is 2.61. The summed E-state index contributed by atoms with van der Waals surface area (Å²) in [6.07, 6.45) is 1.39. The van der Waals surface area contributed by atoms with Gasteiger partial charge in [-0.15, -0.1) is 0 Å². The van der Waals surface area contributed by atoms with Gasteiger partial charge in [-0.1, -0.05) is 84.9 Å². The number of nitrogens with zero attached hydrogens (tertiary/aromatic N) is 1. The first-order chi connectivity index (χ1) is 14.9.